The van der Waals surface area contributed by atoms with E-state index in [1.54, 1.807) is 0 Å². The summed E-state index contributed by atoms with van der Waals surface area (Å²) in [5.74, 6) is 0. The van der Waals surface area contributed by atoms with Crippen molar-refractivity contribution < 1.29 is 4.42 Å². The van der Waals surface area contributed by atoms with Crippen LogP contribution < -0.4 is 9.80 Å². The molecule has 8 aromatic carbocycles. The Morgan fingerprint density at radius 1 is 0.308 bits per heavy atom. The molecule has 0 atom stereocenters. The fourth-order valence-corrected chi connectivity index (χ4v) is 8.53. The third-order valence-electron chi connectivity index (χ3n) is 9.82. The minimum Gasteiger partial charge on any atom is -0.456 e. The predicted octanol–water partition coefficient (Wildman–Crippen LogP) is 14.6. The number of benzene rings is 8. The fourth-order valence-electron chi connectivity index (χ4n) is 7.39. The largest absolute Gasteiger partial charge is 0.456 e. The van der Waals surface area contributed by atoms with Gasteiger partial charge in [0.2, 0.25) is 0 Å². The van der Waals surface area contributed by atoms with Gasteiger partial charge in [0.05, 0.1) is 0 Å². The van der Waals surface area contributed by atoms with Gasteiger partial charge in [-0.25, -0.2) is 0 Å². The average Bonchev–Trinajstić information content (AvgIpc) is 3.77. The highest BCUT2D eigenvalue weighted by Gasteiger charge is 2.19. The van der Waals surface area contributed by atoms with Crippen LogP contribution in [-0.4, -0.2) is 0 Å². The van der Waals surface area contributed by atoms with Gasteiger partial charge in [-0.15, -0.1) is 11.3 Å². The minimum absolute atomic E-state index is 0.850. The summed E-state index contributed by atoms with van der Waals surface area (Å²) in [6, 6.07) is 69.0. The lowest BCUT2D eigenvalue weighted by Crippen LogP contribution is -2.10. The van der Waals surface area contributed by atoms with Gasteiger partial charge in [-0.2, -0.15) is 0 Å². The fraction of sp³-hybridized carbons (Fsp3) is 0. The number of rotatable bonds is 7. The van der Waals surface area contributed by atoms with Gasteiger partial charge >= 0.3 is 0 Å². The normalized spacial score (nSPS) is 11.5. The minimum atomic E-state index is 0.850. The first kappa shape index (κ1) is 30.2. The van der Waals surface area contributed by atoms with Crippen molar-refractivity contribution in [2.45, 2.75) is 0 Å². The van der Waals surface area contributed by atoms with Crippen LogP contribution in [0.15, 0.2) is 199 Å². The molecule has 2 heterocycles. The van der Waals surface area contributed by atoms with Crippen LogP contribution in [0.5, 0.6) is 0 Å². The molecule has 4 heteroatoms. The Labute approximate surface area is 305 Å². The van der Waals surface area contributed by atoms with Crippen molar-refractivity contribution in [2.24, 2.45) is 0 Å². The molecule has 0 N–H and O–H groups in total. The van der Waals surface area contributed by atoms with Gasteiger partial charge in [0.1, 0.15) is 11.2 Å². The second-order valence-corrected chi connectivity index (χ2v) is 14.1. The van der Waals surface area contributed by atoms with E-state index in [2.05, 4.69) is 204 Å². The maximum atomic E-state index is 6.62. The van der Waals surface area contributed by atoms with Crippen LogP contribution >= 0.6 is 11.3 Å². The zero-order valence-electron chi connectivity index (χ0n) is 28.2. The van der Waals surface area contributed by atoms with E-state index in [1.165, 1.54) is 31.3 Å². The van der Waals surface area contributed by atoms with Gasteiger partial charge in [-0.05, 0) is 96.1 Å². The van der Waals surface area contributed by atoms with Gasteiger partial charge in [-0.3, -0.25) is 0 Å². The highest BCUT2D eigenvalue weighted by Crippen LogP contribution is 2.44. The summed E-state index contributed by atoms with van der Waals surface area (Å²) in [5, 5.41) is 4.75. The first-order valence-electron chi connectivity index (χ1n) is 17.5. The van der Waals surface area contributed by atoms with E-state index in [-0.39, 0.29) is 0 Å². The van der Waals surface area contributed by atoms with Crippen molar-refractivity contribution in [3.8, 4) is 11.1 Å². The van der Waals surface area contributed by atoms with Crippen LogP contribution in [-0.2, 0) is 0 Å². The number of fused-ring (bicyclic) bond motifs is 6. The topological polar surface area (TPSA) is 19.6 Å². The molecule has 0 radical (unpaired) electrons. The summed E-state index contributed by atoms with van der Waals surface area (Å²) in [6.45, 7) is 0. The molecule has 0 saturated carbocycles. The van der Waals surface area contributed by atoms with E-state index in [0.29, 0.717) is 0 Å². The molecule has 0 amide bonds. The Morgan fingerprint density at radius 2 is 0.846 bits per heavy atom. The third kappa shape index (κ3) is 5.29. The van der Waals surface area contributed by atoms with E-state index < -0.39 is 0 Å². The van der Waals surface area contributed by atoms with Crippen molar-refractivity contribution in [3.63, 3.8) is 0 Å². The van der Waals surface area contributed by atoms with Gasteiger partial charge < -0.3 is 14.2 Å². The molecule has 0 aliphatic carbocycles. The van der Waals surface area contributed by atoms with Gasteiger partial charge in [0.25, 0.3) is 0 Å². The summed E-state index contributed by atoms with van der Waals surface area (Å²) >= 11 is 1.84. The van der Waals surface area contributed by atoms with E-state index in [9.17, 15) is 0 Å². The molecule has 0 spiro atoms. The zero-order valence-corrected chi connectivity index (χ0v) is 29.0. The first-order valence-corrected chi connectivity index (χ1v) is 18.3. The lowest BCUT2D eigenvalue weighted by atomic mass is 10.0. The molecule has 246 valence electrons. The van der Waals surface area contributed by atoms with Crippen LogP contribution in [0.4, 0.5) is 34.1 Å². The molecule has 0 aliphatic rings. The monoisotopic (exact) mass is 684 g/mol. The van der Waals surface area contributed by atoms with E-state index in [4.69, 9.17) is 4.42 Å². The van der Waals surface area contributed by atoms with Crippen LogP contribution in [0.2, 0.25) is 0 Å². The molecule has 0 fully saturated rings. The van der Waals surface area contributed by atoms with Gasteiger partial charge in [0, 0.05) is 71.1 Å². The molecule has 0 bridgehead atoms. The Hall–Kier alpha value is -6.62. The predicted molar refractivity (Wildman–Crippen MR) is 221 cm³/mol. The zero-order chi connectivity index (χ0) is 34.4. The van der Waals surface area contributed by atoms with Crippen LogP contribution in [0.3, 0.4) is 0 Å². The quantitative estimate of drug-likeness (QED) is 0.167. The summed E-state index contributed by atoms with van der Waals surface area (Å²) in [5.41, 5.74) is 10.6. The van der Waals surface area contributed by atoms with Crippen molar-refractivity contribution in [1.29, 1.82) is 0 Å². The highest BCUT2D eigenvalue weighted by atomic mass is 32.1. The number of furan rings is 1. The van der Waals surface area contributed by atoms with Gasteiger partial charge in [-0.1, -0.05) is 103 Å². The molecular weight excluding hydrogens is 653 g/mol. The summed E-state index contributed by atoms with van der Waals surface area (Å²) < 4.78 is 9.19. The molecule has 10 rings (SSSR count). The van der Waals surface area contributed by atoms with E-state index in [0.717, 1.165) is 56.1 Å². The molecule has 10 aromatic rings. The molecule has 0 aliphatic heterocycles. The average molecular weight is 685 g/mol. The Balaban J connectivity index is 1.12. The summed E-state index contributed by atoms with van der Waals surface area (Å²) in [4.78, 5) is 4.64. The number of anilines is 6. The maximum Gasteiger partial charge on any atom is 0.137 e. The number of nitrogens with zero attached hydrogens (tertiary/aromatic N) is 2. The van der Waals surface area contributed by atoms with E-state index in [1.807, 2.05) is 11.3 Å². The number of hydrogen-bond acceptors (Lipinski definition) is 4. The first-order chi connectivity index (χ1) is 25.8. The van der Waals surface area contributed by atoms with Crippen LogP contribution in [0.25, 0.3) is 53.2 Å². The molecule has 0 saturated heterocycles. The second-order valence-electron chi connectivity index (χ2n) is 13.0. The van der Waals surface area contributed by atoms with E-state index >= 15 is 0 Å². The van der Waals surface area contributed by atoms with Crippen molar-refractivity contribution in [3.05, 3.63) is 194 Å². The maximum absolute atomic E-state index is 6.62. The number of para-hydroxylation sites is 2. The van der Waals surface area contributed by atoms with Gasteiger partial charge in [0.15, 0.2) is 0 Å². The van der Waals surface area contributed by atoms with Crippen molar-refractivity contribution in [1.82, 2.24) is 0 Å². The molecular formula is C48H32N2OS. The summed E-state index contributed by atoms with van der Waals surface area (Å²) in [6.07, 6.45) is 0. The summed E-state index contributed by atoms with van der Waals surface area (Å²) in [7, 11) is 0. The second kappa shape index (κ2) is 12.6. The van der Waals surface area contributed by atoms with Crippen LogP contribution in [0.1, 0.15) is 0 Å². The molecule has 0 unspecified atom stereocenters. The number of thiophene rings is 1. The molecule has 3 nitrogen and oxygen atoms in total. The molecule has 52 heavy (non-hydrogen) atoms. The third-order valence-corrected chi connectivity index (χ3v) is 10.9. The van der Waals surface area contributed by atoms with Crippen LogP contribution in [0, 0.1) is 0 Å². The Bertz CT molecular complexity index is 2820. The lowest BCUT2D eigenvalue weighted by Gasteiger charge is -2.26. The molecule has 2 aromatic heterocycles. The SMILES string of the molecule is c1ccc(-c2cccc(N(c3ccc4c(c3)oc3ccc(N(c5ccccc5)c5ccccc5)cc34)c3ccc4c(c3)sc3ccccc34)c2)cc1. The number of hydrogen-bond donors (Lipinski definition) is 0. The Morgan fingerprint density at radius 3 is 1.62 bits per heavy atom. The van der Waals surface area contributed by atoms with Crippen molar-refractivity contribution >= 4 is 87.6 Å². The van der Waals surface area contributed by atoms with Crippen molar-refractivity contribution in [2.75, 3.05) is 9.80 Å². The standard InChI is InChI=1S/C48H32N2OS/c1-4-13-33(14-5-1)34-15-12-20-37(29-34)50(40-24-27-43-42-21-10-11-22-47(42)52-48(43)32-40)39-23-26-41-44-30-38(25-28-45(44)51-46(41)31-39)49(35-16-6-2-7-17-35)36-18-8-3-9-19-36/h1-32H. The highest BCUT2D eigenvalue weighted by molar-refractivity contribution is 7.25. The lowest BCUT2D eigenvalue weighted by molar-refractivity contribution is 0.669. The smallest absolute Gasteiger partial charge is 0.137 e. The Kier molecular flexibility index (Phi) is 7.33.